The summed E-state index contributed by atoms with van der Waals surface area (Å²) < 4.78 is 11.5. The number of epoxide rings is 1. The van der Waals surface area contributed by atoms with Gasteiger partial charge < -0.3 is 14.6 Å². The van der Waals surface area contributed by atoms with Crippen LogP contribution in [0.3, 0.4) is 0 Å². The number of aliphatic carboxylic acids is 1. The first-order valence-electron chi connectivity index (χ1n) is 6.76. The first-order valence-corrected chi connectivity index (χ1v) is 6.76. The molecule has 3 aliphatic rings. The molecule has 17 heavy (non-hydrogen) atoms. The third-order valence-electron chi connectivity index (χ3n) is 4.32. The highest BCUT2D eigenvalue weighted by molar-refractivity contribution is 5.70. The van der Waals surface area contributed by atoms with Gasteiger partial charge in [0, 0.05) is 6.42 Å². The van der Waals surface area contributed by atoms with Crippen LogP contribution in [-0.4, -0.2) is 35.5 Å². The molecule has 0 aromatic carbocycles. The average molecular weight is 240 g/mol. The van der Waals surface area contributed by atoms with Gasteiger partial charge in [-0.1, -0.05) is 6.42 Å². The van der Waals surface area contributed by atoms with Crippen LogP contribution in [0.25, 0.3) is 0 Å². The Morgan fingerprint density at radius 3 is 2.65 bits per heavy atom. The highest BCUT2D eigenvalue weighted by atomic mass is 16.6. The normalized spacial score (nSPS) is 45.1. The smallest absolute Gasteiger partial charge is 0.306 e. The summed E-state index contributed by atoms with van der Waals surface area (Å²) in [4.78, 5) is 11.0. The molecule has 5 unspecified atom stereocenters. The SMILES string of the molecule is O=C(O)C1CCCC(OC2CCC3OC3C2)C1. The summed E-state index contributed by atoms with van der Waals surface area (Å²) in [6.07, 6.45) is 8.13. The summed E-state index contributed by atoms with van der Waals surface area (Å²) in [5, 5.41) is 9.04. The molecule has 1 heterocycles. The van der Waals surface area contributed by atoms with Gasteiger partial charge >= 0.3 is 5.97 Å². The van der Waals surface area contributed by atoms with Gasteiger partial charge in [-0.25, -0.2) is 0 Å². The fraction of sp³-hybridized carbons (Fsp3) is 0.923. The van der Waals surface area contributed by atoms with Crippen molar-refractivity contribution in [1.29, 1.82) is 0 Å². The summed E-state index contributed by atoms with van der Waals surface area (Å²) >= 11 is 0. The van der Waals surface area contributed by atoms with Crippen molar-refractivity contribution in [3.63, 3.8) is 0 Å². The quantitative estimate of drug-likeness (QED) is 0.766. The minimum atomic E-state index is -0.660. The number of carboxylic acid groups (broad SMARTS) is 1. The maximum atomic E-state index is 11.0. The van der Waals surface area contributed by atoms with E-state index < -0.39 is 5.97 Å². The van der Waals surface area contributed by atoms with Gasteiger partial charge in [0.15, 0.2) is 0 Å². The fourth-order valence-corrected chi connectivity index (χ4v) is 3.26. The number of ether oxygens (including phenoxy) is 2. The van der Waals surface area contributed by atoms with Crippen molar-refractivity contribution < 1.29 is 19.4 Å². The van der Waals surface area contributed by atoms with Crippen molar-refractivity contribution in [3.05, 3.63) is 0 Å². The lowest BCUT2D eigenvalue weighted by molar-refractivity contribution is -0.146. The van der Waals surface area contributed by atoms with Crippen LogP contribution in [0.1, 0.15) is 44.9 Å². The fourth-order valence-electron chi connectivity index (χ4n) is 3.26. The van der Waals surface area contributed by atoms with E-state index in [4.69, 9.17) is 14.6 Å². The molecule has 1 saturated heterocycles. The van der Waals surface area contributed by atoms with Gasteiger partial charge in [-0.3, -0.25) is 4.79 Å². The molecule has 0 bridgehead atoms. The van der Waals surface area contributed by atoms with Gasteiger partial charge in [0.2, 0.25) is 0 Å². The molecule has 0 radical (unpaired) electrons. The zero-order chi connectivity index (χ0) is 11.8. The standard InChI is InChI=1S/C13H20O4/c14-13(15)8-2-1-3-9(6-8)16-10-4-5-11-12(7-10)17-11/h8-12H,1-7H2,(H,14,15). The van der Waals surface area contributed by atoms with Gasteiger partial charge in [0.05, 0.1) is 30.3 Å². The average Bonchev–Trinajstić information content (AvgIpc) is 3.07. The van der Waals surface area contributed by atoms with E-state index in [0.29, 0.717) is 24.7 Å². The van der Waals surface area contributed by atoms with Gasteiger partial charge in [0.25, 0.3) is 0 Å². The number of carbonyl (C=O) groups is 1. The van der Waals surface area contributed by atoms with E-state index in [0.717, 1.165) is 38.5 Å². The van der Waals surface area contributed by atoms with E-state index in [9.17, 15) is 4.79 Å². The van der Waals surface area contributed by atoms with Crippen LogP contribution in [0, 0.1) is 5.92 Å². The minimum absolute atomic E-state index is 0.158. The Balaban J connectivity index is 1.48. The van der Waals surface area contributed by atoms with Gasteiger partial charge in [-0.15, -0.1) is 0 Å². The molecule has 4 heteroatoms. The molecule has 0 aromatic heterocycles. The molecule has 0 spiro atoms. The number of fused-ring (bicyclic) bond motifs is 1. The molecular weight excluding hydrogens is 220 g/mol. The van der Waals surface area contributed by atoms with E-state index in [1.54, 1.807) is 0 Å². The summed E-state index contributed by atoms with van der Waals surface area (Å²) in [6, 6.07) is 0. The van der Waals surface area contributed by atoms with Crippen LogP contribution in [0.15, 0.2) is 0 Å². The molecule has 4 nitrogen and oxygen atoms in total. The Morgan fingerprint density at radius 2 is 1.88 bits per heavy atom. The third-order valence-corrected chi connectivity index (χ3v) is 4.32. The van der Waals surface area contributed by atoms with Crippen molar-refractivity contribution in [2.24, 2.45) is 5.92 Å². The largest absolute Gasteiger partial charge is 0.481 e. The lowest BCUT2D eigenvalue weighted by Crippen LogP contribution is -2.32. The van der Waals surface area contributed by atoms with Crippen LogP contribution < -0.4 is 0 Å². The highest BCUT2D eigenvalue weighted by Gasteiger charge is 2.44. The van der Waals surface area contributed by atoms with Crippen LogP contribution in [-0.2, 0) is 14.3 Å². The zero-order valence-corrected chi connectivity index (χ0v) is 10.0. The van der Waals surface area contributed by atoms with Crippen LogP contribution in [0.4, 0.5) is 0 Å². The van der Waals surface area contributed by atoms with Crippen molar-refractivity contribution in [3.8, 4) is 0 Å². The number of hydrogen-bond donors (Lipinski definition) is 1. The molecule has 5 atom stereocenters. The van der Waals surface area contributed by atoms with Crippen molar-refractivity contribution in [2.45, 2.75) is 69.4 Å². The molecule has 96 valence electrons. The number of rotatable bonds is 3. The number of hydrogen-bond acceptors (Lipinski definition) is 3. The predicted octanol–water partition coefficient (Wildman–Crippen LogP) is 1.97. The van der Waals surface area contributed by atoms with E-state index in [-0.39, 0.29) is 12.0 Å². The van der Waals surface area contributed by atoms with Crippen LogP contribution >= 0.6 is 0 Å². The molecule has 1 N–H and O–H groups in total. The van der Waals surface area contributed by atoms with E-state index in [1.165, 1.54) is 0 Å². The van der Waals surface area contributed by atoms with Crippen molar-refractivity contribution in [2.75, 3.05) is 0 Å². The van der Waals surface area contributed by atoms with Gasteiger partial charge in [-0.2, -0.15) is 0 Å². The Hall–Kier alpha value is -0.610. The second kappa shape index (κ2) is 4.58. The number of carboxylic acids is 1. The Bertz CT molecular complexity index is 304. The lowest BCUT2D eigenvalue weighted by Gasteiger charge is -2.31. The first-order chi connectivity index (χ1) is 8.22. The van der Waals surface area contributed by atoms with Crippen molar-refractivity contribution >= 4 is 5.97 Å². The van der Waals surface area contributed by atoms with E-state index >= 15 is 0 Å². The maximum absolute atomic E-state index is 11.0. The van der Waals surface area contributed by atoms with Crippen molar-refractivity contribution in [1.82, 2.24) is 0 Å². The monoisotopic (exact) mass is 240 g/mol. The Labute approximate surface area is 101 Å². The van der Waals surface area contributed by atoms with Gasteiger partial charge in [-0.05, 0) is 32.1 Å². The molecule has 2 saturated carbocycles. The molecule has 3 fully saturated rings. The second-order valence-corrected chi connectivity index (χ2v) is 5.61. The Morgan fingerprint density at radius 1 is 1.06 bits per heavy atom. The molecule has 0 aromatic rings. The Kier molecular flexibility index (Phi) is 3.09. The summed E-state index contributed by atoms with van der Waals surface area (Å²) in [5.74, 6) is -0.852. The minimum Gasteiger partial charge on any atom is -0.481 e. The van der Waals surface area contributed by atoms with Gasteiger partial charge in [0.1, 0.15) is 0 Å². The highest BCUT2D eigenvalue weighted by Crippen LogP contribution is 2.39. The molecule has 2 aliphatic carbocycles. The molecular formula is C13H20O4. The summed E-state index contributed by atoms with van der Waals surface area (Å²) in [7, 11) is 0. The molecule has 3 rings (SSSR count). The third kappa shape index (κ3) is 2.63. The zero-order valence-electron chi connectivity index (χ0n) is 10.0. The topological polar surface area (TPSA) is 59.1 Å². The summed E-state index contributed by atoms with van der Waals surface area (Å²) in [5.41, 5.74) is 0. The summed E-state index contributed by atoms with van der Waals surface area (Å²) in [6.45, 7) is 0. The van der Waals surface area contributed by atoms with Crippen LogP contribution in [0.2, 0.25) is 0 Å². The maximum Gasteiger partial charge on any atom is 0.306 e. The van der Waals surface area contributed by atoms with Crippen LogP contribution in [0.5, 0.6) is 0 Å². The second-order valence-electron chi connectivity index (χ2n) is 5.61. The van der Waals surface area contributed by atoms with E-state index in [1.807, 2.05) is 0 Å². The predicted molar refractivity (Wildman–Crippen MR) is 60.8 cm³/mol. The van der Waals surface area contributed by atoms with E-state index in [2.05, 4.69) is 0 Å². The molecule has 0 amide bonds. The lowest BCUT2D eigenvalue weighted by atomic mass is 9.87. The molecule has 1 aliphatic heterocycles. The first kappa shape index (κ1) is 11.5.